The summed E-state index contributed by atoms with van der Waals surface area (Å²) in [7, 11) is 0. The van der Waals surface area contributed by atoms with Crippen LogP contribution in [0.25, 0.3) is 135 Å². The number of fused-ring (bicyclic) bond motifs is 10. The molecule has 0 amide bonds. The third-order valence-corrected chi connectivity index (χ3v) is 15.1. The van der Waals surface area contributed by atoms with Gasteiger partial charge in [0, 0.05) is 36.6 Å². The van der Waals surface area contributed by atoms with Crippen molar-refractivity contribution in [1.29, 1.82) is 0 Å². The Morgan fingerprint density at radius 1 is 0.258 bits per heavy atom. The fourth-order valence-electron chi connectivity index (χ4n) is 11.3. The van der Waals surface area contributed by atoms with Crippen LogP contribution in [0.15, 0.2) is 237 Å². The van der Waals surface area contributed by atoms with Crippen molar-refractivity contribution in [3.8, 4) is 50.2 Å². The Morgan fingerprint density at radius 3 is 1.27 bits per heavy atom. The second-order valence-corrected chi connectivity index (χ2v) is 18.5. The van der Waals surface area contributed by atoms with E-state index in [9.17, 15) is 0 Å². The number of aromatic nitrogens is 1. The van der Waals surface area contributed by atoms with Crippen molar-refractivity contribution in [2.24, 2.45) is 0 Å². The van der Waals surface area contributed by atoms with E-state index in [1.54, 1.807) is 0 Å². The molecule has 306 valence electrons. The highest BCUT2D eigenvalue weighted by Gasteiger charge is 2.24. The zero-order valence-corrected chi connectivity index (χ0v) is 36.7. The normalized spacial score (nSPS) is 11.9. The molecule has 1 nitrogen and oxygen atoms in total. The molecule has 0 saturated heterocycles. The number of para-hydroxylation sites is 2. The van der Waals surface area contributed by atoms with Gasteiger partial charge in [0.25, 0.3) is 0 Å². The van der Waals surface area contributed by atoms with Crippen LogP contribution in [0, 0.1) is 0 Å². The van der Waals surface area contributed by atoms with Crippen LogP contribution in [-0.2, 0) is 0 Å². The Morgan fingerprint density at radius 2 is 0.697 bits per heavy atom. The van der Waals surface area contributed by atoms with E-state index in [0.29, 0.717) is 0 Å². The fraction of sp³-hybridized carbons (Fsp3) is 0. The molecule has 2 aromatic heterocycles. The van der Waals surface area contributed by atoms with Gasteiger partial charge in [0.15, 0.2) is 0 Å². The molecule has 2 heteroatoms. The molecular formula is C64H39NS. The maximum absolute atomic E-state index is 2.48. The first-order valence-electron chi connectivity index (χ1n) is 22.8. The van der Waals surface area contributed by atoms with Gasteiger partial charge in [0.2, 0.25) is 0 Å². The minimum absolute atomic E-state index is 1.16. The minimum Gasteiger partial charge on any atom is -0.309 e. The summed E-state index contributed by atoms with van der Waals surface area (Å²) in [4.78, 5) is 0. The highest BCUT2D eigenvalue weighted by atomic mass is 32.1. The van der Waals surface area contributed by atoms with Crippen LogP contribution in [0.2, 0.25) is 0 Å². The summed E-state index contributed by atoms with van der Waals surface area (Å²) in [5, 5.41) is 15.2. The van der Waals surface area contributed by atoms with E-state index in [0.717, 1.165) is 5.69 Å². The van der Waals surface area contributed by atoms with E-state index in [1.807, 2.05) is 11.3 Å². The molecule has 66 heavy (non-hydrogen) atoms. The predicted octanol–water partition coefficient (Wildman–Crippen LogP) is 18.4. The molecule has 0 spiro atoms. The van der Waals surface area contributed by atoms with E-state index in [4.69, 9.17) is 0 Å². The first-order chi connectivity index (χ1) is 32.8. The van der Waals surface area contributed by atoms with Crippen LogP contribution in [0.4, 0.5) is 0 Å². The van der Waals surface area contributed by atoms with Crippen LogP contribution < -0.4 is 0 Å². The molecule has 14 aromatic rings. The smallest absolute Gasteiger partial charge is 0.0547 e. The number of nitrogens with zero attached hydrogens (tertiary/aromatic N) is 1. The molecule has 0 aliphatic rings. The van der Waals surface area contributed by atoms with Crippen molar-refractivity contribution in [1.82, 2.24) is 4.57 Å². The van der Waals surface area contributed by atoms with Gasteiger partial charge in [-0.3, -0.25) is 0 Å². The highest BCUT2D eigenvalue weighted by molar-refractivity contribution is 7.26. The van der Waals surface area contributed by atoms with E-state index in [-0.39, 0.29) is 0 Å². The maximum atomic E-state index is 2.48. The molecule has 0 saturated carbocycles. The van der Waals surface area contributed by atoms with Gasteiger partial charge in [0.1, 0.15) is 0 Å². The Hall–Kier alpha value is -8.30. The summed E-state index contributed by atoms with van der Waals surface area (Å²) in [5.74, 6) is 0. The molecule has 14 rings (SSSR count). The average Bonchev–Trinajstić information content (AvgIpc) is 3.94. The van der Waals surface area contributed by atoms with Gasteiger partial charge in [-0.25, -0.2) is 0 Å². The molecule has 0 unspecified atom stereocenters. The Labute approximate surface area is 385 Å². The fourth-order valence-corrected chi connectivity index (χ4v) is 12.5. The highest BCUT2D eigenvalue weighted by Crippen LogP contribution is 2.51. The summed E-state index contributed by atoms with van der Waals surface area (Å²) in [6.07, 6.45) is 0. The van der Waals surface area contributed by atoms with Crippen molar-refractivity contribution in [2.45, 2.75) is 0 Å². The van der Waals surface area contributed by atoms with Crippen LogP contribution in [0.3, 0.4) is 0 Å². The number of hydrogen-bond acceptors (Lipinski definition) is 1. The van der Waals surface area contributed by atoms with Gasteiger partial charge in [-0.1, -0.05) is 194 Å². The molecule has 0 atom stereocenters. The van der Waals surface area contributed by atoms with Crippen molar-refractivity contribution >= 4 is 96.4 Å². The molecule has 0 aliphatic heterocycles. The monoisotopic (exact) mass is 853 g/mol. The van der Waals surface area contributed by atoms with Crippen molar-refractivity contribution in [2.75, 3.05) is 0 Å². The van der Waals surface area contributed by atoms with E-state index >= 15 is 0 Å². The molecule has 0 N–H and O–H groups in total. The van der Waals surface area contributed by atoms with Crippen molar-refractivity contribution in [3.63, 3.8) is 0 Å². The Balaban J connectivity index is 1.05. The topological polar surface area (TPSA) is 4.93 Å². The first-order valence-corrected chi connectivity index (χ1v) is 23.6. The van der Waals surface area contributed by atoms with Crippen LogP contribution >= 0.6 is 11.3 Å². The Bertz CT molecular complexity index is 4160. The van der Waals surface area contributed by atoms with Gasteiger partial charge in [-0.15, -0.1) is 11.3 Å². The summed E-state index contributed by atoms with van der Waals surface area (Å²) in [6, 6.07) is 87.7. The lowest BCUT2D eigenvalue weighted by molar-refractivity contribution is 1.18. The zero-order valence-electron chi connectivity index (χ0n) is 35.9. The van der Waals surface area contributed by atoms with Crippen molar-refractivity contribution < 1.29 is 0 Å². The molecule has 12 aromatic carbocycles. The summed E-state index contributed by atoms with van der Waals surface area (Å²) >= 11 is 1.89. The number of thiophene rings is 1. The van der Waals surface area contributed by atoms with Gasteiger partial charge in [-0.05, 0) is 130 Å². The standard InChI is InChI=1S/C64H39NS/c1-3-19-40(20-4-1)59-43-23-7-9-25-45(43)60(46-26-10-8-24-44(46)59)41-37-38-57-54(39-41)64-53(33-18-36-58(64)66-57)62-49-29-13-11-27-47(49)61(48-28-12-14-30-50(48)62)52-32-17-35-56-63(52)51-31-15-16-34-55(51)65(56)42-21-5-2-6-22-42/h1-39H. The first kappa shape index (κ1) is 37.1. The van der Waals surface area contributed by atoms with Gasteiger partial charge in [0.05, 0.1) is 11.0 Å². The molecule has 0 fully saturated rings. The van der Waals surface area contributed by atoms with E-state index < -0.39 is 0 Å². The van der Waals surface area contributed by atoms with Gasteiger partial charge < -0.3 is 4.57 Å². The second kappa shape index (κ2) is 14.6. The van der Waals surface area contributed by atoms with Crippen molar-refractivity contribution in [3.05, 3.63) is 237 Å². The lowest BCUT2D eigenvalue weighted by Gasteiger charge is -2.19. The average molecular weight is 854 g/mol. The molecule has 0 bridgehead atoms. The Kier molecular flexibility index (Phi) is 8.22. The lowest BCUT2D eigenvalue weighted by Crippen LogP contribution is -1.94. The largest absolute Gasteiger partial charge is 0.309 e. The lowest BCUT2D eigenvalue weighted by atomic mass is 9.83. The van der Waals surface area contributed by atoms with Gasteiger partial charge >= 0.3 is 0 Å². The number of rotatable bonds is 5. The third kappa shape index (κ3) is 5.40. The predicted molar refractivity (Wildman–Crippen MR) is 285 cm³/mol. The molecule has 0 aliphatic carbocycles. The molecular weight excluding hydrogens is 815 g/mol. The van der Waals surface area contributed by atoms with E-state index in [2.05, 4.69) is 241 Å². The summed E-state index contributed by atoms with van der Waals surface area (Å²) < 4.78 is 5.01. The number of hydrogen-bond donors (Lipinski definition) is 0. The second-order valence-electron chi connectivity index (χ2n) is 17.4. The zero-order chi connectivity index (χ0) is 43.3. The van der Waals surface area contributed by atoms with E-state index in [1.165, 1.54) is 130 Å². The quantitative estimate of drug-likeness (QED) is 0.152. The van der Waals surface area contributed by atoms with Crippen LogP contribution in [-0.4, -0.2) is 4.57 Å². The maximum Gasteiger partial charge on any atom is 0.0547 e. The summed E-state index contributed by atoms with van der Waals surface area (Å²) in [5.41, 5.74) is 13.7. The van der Waals surface area contributed by atoms with Crippen LogP contribution in [0.1, 0.15) is 0 Å². The SMILES string of the molecule is c1ccc(-c2c3ccccc3c(-c3ccc4sc5cccc(-c6c7ccccc7c(-c7cccc8c7c7ccccc7n8-c7ccccc7)c7ccccc67)c5c4c3)c3ccccc23)cc1. The number of benzene rings is 12. The van der Waals surface area contributed by atoms with Crippen LogP contribution in [0.5, 0.6) is 0 Å². The summed E-state index contributed by atoms with van der Waals surface area (Å²) in [6.45, 7) is 0. The third-order valence-electron chi connectivity index (χ3n) is 14.0. The molecule has 2 heterocycles. The minimum atomic E-state index is 1.16. The molecule has 0 radical (unpaired) electrons. The van der Waals surface area contributed by atoms with Gasteiger partial charge in [-0.2, -0.15) is 0 Å².